The Bertz CT molecular complexity index is 125. The first-order chi connectivity index (χ1) is 4.66. The van der Waals surface area contributed by atoms with Gasteiger partial charge in [-0.3, -0.25) is 0 Å². The summed E-state index contributed by atoms with van der Waals surface area (Å²) in [4.78, 5) is 0. The molecular weight excluding hydrogens is 134 g/mol. The Morgan fingerprint density at radius 1 is 1.10 bits per heavy atom. The van der Waals surface area contributed by atoms with Crippen LogP contribution in [0.3, 0.4) is 0 Å². The molecule has 2 heteroatoms. The SMILES string of the molecule is CC.FC1(F)CC12CCC2. The minimum Gasteiger partial charge on any atom is -0.206 e. The van der Waals surface area contributed by atoms with Gasteiger partial charge in [-0.25, -0.2) is 8.78 Å². The third kappa shape index (κ3) is 0.850. The summed E-state index contributed by atoms with van der Waals surface area (Å²) in [5, 5.41) is 0. The Morgan fingerprint density at radius 3 is 1.50 bits per heavy atom. The molecule has 0 bridgehead atoms. The number of rotatable bonds is 0. The fraction of sp³-hybridized carbons (Fsp3) is 1.00. The molecule has 0 N–H and O–H groups in total. The van der Waals surface area contributed by atoms with Crippen molar-refractivity contribution in [1.29, 1.82) is 0 Å². The van der Waals surface area contributed by atoms with Crippen molar-refractivity contribution in [3.8, 4) is 0 Å². The highest BCUT2D eigenvalue weighted by Crippen LogP contribution is 2.70. The van der Waals surface area contributed by atoms with E-state index in [4.69, 9.17) is 0 Å². The lowest BCUT2D eigenvalue weighted by Crippen LogP contribution is -2.19. The Morgan fingerprint density at radius 2 is 1.50 bits per heavy atom. The van der Waals surface area contributed by atoms with Gasteiger partial charge in [-0.15, -0.1) is 0 Å². The van der Waals surface area contributed by atoms with Gasteiger partial charge in [0.1, 0.15) is 0 Å². The van der Waals surface area contributed by atoms with Gasteiger partial charge in [0.25, 0.3) is 5.92 Å². The molecule has 0 amide bonds. The molecule has 0 nitrogen and oxygen atoms in total. The first kappa shape index (κ1) is 7.96. The Hall–Kier alpha value is -0.140. The van der Waals surface area contributed by atoms with Crippen LogP contribution in [-0.4, -0.2) is 5.92 Å². The topological polar surface area (TPSA) is 0 Å². The number of hydrogen-bond acceptors (Lipinski definition) is 0. The van der Waals surface area contributed by atoms with Crippen LogP contribution in [-0.2, 0) is 0 Å². The molecule has 0 radical (unpaired) electrons. The van der Waals surface area contributed by atoms with E-state index in [2.05, 4.69) is 0 Å². The van der Waals surface area contributed by atoms with E-state index in [-0.39, 0.29) is 6.42 Å². The zero-order valence-corrected chi connectivity index (χ0v) is 6.58. The normalized spacial score (nSPS) is 30.0. The van der Waals surface area contributed by atoms with Crippen molar-refractivity contribution in [3.63, 3.8) is 0 Å². The van der Waals surface area contributed by atoms with E-state index in [9.17, 15) is 8.78 Å². The van der Waals surface area contributed by atoms with Gasteiger partial charge in [0.15, 0.2) is 0 Å². The molecule has 0 aliphatic heterocycles. The van der Waals surface area contributed by atoms with Crippen LogP contribution >= 0.6 is 0 Å². The molecule has 2 aliphatic rings. The highest BCUT2D eigenvalue weighted by molar-refractivity contribution is 5.14. The first-order valence-electron chi connectivity index (χ1n) is 4.04. The van der Waals surface area contributed by atoms with E-state index < -0.39 is 11.3 Å². The maximum Gasteiger partial charge on any atom is 0.254 e. The summed E-state index contributed by atoms with van der Waals surface area (Å²) < 4.78 is 24.5. The summed E-state index contributed by atoms with van der Waals surface area (Å²) in [5.74, 6) is -2.26. The standard InChI is InChI=1S/C6H8F2.C2H6/c7-6(8)4-5(6)2-1-3-5;1-2/h1-4H2;1-2H3. The zero-order valence-electron chi connectivity index (χ0n) is 6.58. The van der Waals surface area contributed by atoms with Crippen LogP contribution < -0.4 is 0 Å². The molecule has 10 heavy (non-hydrogen) atoms. The second-order valence-corrected chi connectivity index (χ2v) is 3.02. The monoisotopic (exact) mass is 148 g/mol. The predicted molar refractivity (Wildman–Crippen MR) is 37.2 cm³/mol. The van der Waals surface area contributed by atoms with Crippen LogP contribution in [0.15, 0.2) is 0 Å². The molecule has 0 atom stereocenters. The van der Waals surface area contributed by atoms with Crippen LogP contribution in [0.2, 0.25) is 0 Å². The van der Waals surface area contributed by atoms with Crippen LogP contribution in [0.5, 0.6) is 0 Å². The van der Waals surface area contributed by atoms with Crippen molar-refractivity contribution in [2.24, 2.45) is 5.41 Å². The lowest BCUT2D eigenvalue weighted by Gasteiger charge is -2.24. The van der Waals surface area contributed by atoms with E-state index in [1.807, 2.05) is 13.8 Å². The summed E-state index contributed by atoms with van der Waals surface area (Å²) in [6, 6.07) is 0. The minimum absolute atomic E-state index is 0.181. The largest absolute Gasteiger partial charge is 0.254 e. The molecular formula is C8H14F2. The van der Waals surface area contributed by atoms with Crippen molar-refractivity contribution in [1.82, 2.24) is 0 Å². The Kier molecular flexibility index (Phi) is 1.73. The summed E-state index contributed by atoms with van der Waals surface area (Å²) >= 11 is 0. The fourth-order valence-electron chi connectivity index (χ4n) is 1.53. The maximum absolute atomic E-state index is 12.2. The van der Waals surface area contributed by atoms with Gasteiger partial charge in [-0.2, -0.15) is 0 Å². The van der Waals surface area contributed by atoms with E-state index in [0.717, 1.165) is 19.3 Å². The number of hydrogen-bond donors (Lipinski definition) is 0. The smallest absolute Gasteiger partial charge is 0.206 e. The van der Waals surface area contributed by atoms with Gasteiger partial charge in [0, 0.05) is 11.8 Å². The molecule has 0 unspecified atom stereocenters. The molecule has 2 aliphatic carbocycles. The van der Waals surface area contributed by atoms with Crippen molar-refractivity contribution < 1.29 is 8.78 Å². The van der Waals surface area contributed by atoms with Gasteiger partial charge in [-0.05, 0) is 12.8 Å². The summed E-state index contributed by atoms with van der Waals surface area (Å²) in [7, 11) is 0. The van der Waals surface area contributed by atoms with E-state index in [1.54, 1.807) is 0 Å². The van der Waals surface area contributed by atoms with Gasteiger partial charge in [0.05, 0.1) is 0 Å². The van der Waals surface area contributed by atoms with Gasteiger partial charge >= 0.3 is 0 Å². The zero-order chi connectivity index (χ0) is 7.83. The van der Waals surface area contributed by atoms with Crippen molar-refractivity contribution in [2.75, 3.05) is 0 Å². The molecule has 60 valence electrons. The first-order valence-corrected chi connectivity index (χ1v) is 4.04. The van der Waals surface area contributed by atoms with Crippen molar-refractivity contribution >= 4 is 0 Å². The molecule has 0 saturated heterocycles. The Labute approximate surface area is 60.6 Å². The fourth-order valence-corrected chi connectivity index (χ4v) is 1.53. The summed E-state index contributed by atoms with van der Waals surface area (Å²) in [6.07, 6.45) is 2.76. The van der Waals surface area contributed by atoms with Crippen LogP contribution in [0.1, 0.15) is 39.5 Å². The third-order valence-corrected chi connectivity index (χ3v) is 2.52. The number of alkyl halides is 2. The average Bonchev–Trinajstić information content (AvgIpc) is 2.39. The van der Waals surface area contributed by atoms with E-state index >= 15 is 0 Å². The summed E-state index contributed by atoms with van der Waals surface area (Å²) in [6.45, 7) is 4.00. The molecule has 0 heterocycles. The molecule has 1 spiro atoms. The molecule has 0 aromatic rings. The second-order valence-electron chi connectivity index (χ2n) is 3.02. The van der Waals surface area contributed by atoms with Crippen molar-refractivity contribution in [3.05, 3.63) is 0 Å². The van der Waals surface area contributed by atoms with Gasteiger partial charge < -0.3 is 0 Å². The lowest BCUT2D eigenvalue weighted by molar-refractivity contribution is 0.0302. The highest BCUT2D eigenvalue weighted by atomic mass is 19.3. The maximum atomic E-state index is 12.2. The highest BCUT2D eigenvalue weighted by Gasteiger charge is 2.72. The van der Waals surface area contributed by atoms with Gasteiger partial charge in [0.2, 0.25) is 0 Å². The molecule has 0 aromatic carbocycles. The van der Waals surface area contributed by atoms with Crippen LogP contribution in [0.4, 0.5) is 8.78 Å². The third-order valence-electron chi connectivity index (χ3n) is 2.52. The van der Waals surface area contributed by atoms with Crippen LogP contribution in [0, 0.1) is 5.41 Å². The number of halogens is 2. The lowest BCUT2D eigenvalue weighted by atomic mass is 9.81. The second kappa shape index (κ2) is 2.18. The van der Waals surface area contributed by atoms with Crippen LogP contribution in [0.25, 0.3) is 0 Å². The summed E-state index contributed by atoms with van der Waals surface area (Å²) in [5.41, 5.74) is -0.465. The molecule has 2 rings (SSSR count). The van der Waals surface area contributed by atoms with Gasteiger partial charge in [-0.1, -0.05) is 20.3 Å². The minimum atomic E-state index is -2.26. The molecule has 0 aromatic heterocycles. The van der Waals surface area contributed by atoms with Crippen molar-refractivity contribution in [2.45, 2.75) is 45.5 Å². The molecule has 2 saturated carbocycles. The van der Waals surface area contributed by atoms with E-state index in [1.165, 1.54) is 0 Å². The quantitative estimate of drug-likeness (QED) is 0.494. The average molecular weight is 148 g/mol. The van der Waals surface area contributed by atoms with E-state index in [0.29, 0.717) is 0 Å². The Balaban J connectivity index is 0.000000231. The predicted octanol–water partition coefficient (Wildman–Crippen LogP) is 3.22. The molecule has 2 fully saturated rings.